The van der Waals surface area contributed by atoms with Gasteiger partial charge in [0.2, 0.25) is 0 Å². The molecular weight excluding hydrogens is 470 g/mol. The second-order valence-corrected chi connectivity index (χ2v) is 12.6. The Morgan fingerprint density at radius 2 is 1.63 bits per heavy atom. The lowest BCUT2D eigenvalue weighted by Gasteiger charge is -2.58. The van der Waals surface area contributed by atoms with E-state index in [0.29, 0.717) is 17.8 Å². The monoisotopic (exact) mass is 510 g/mol. The molecule has 3 fully saturated rings. The Balaban J connectivity index is 1.43. The maximum atomic E-state index is 13.0. The molecule has 0 aromatic heterocycles. The van der Waals surface area contributed by atoms with Crippen molar-refractivity contribution >= 4 is 0 Å². The van der Waals surface area contributed by atoms with Gasteiger partial charge >= 0.3 is 12.4 Å². The number of rotatable bonds is 5. The zero-order chi connectivity index (χ0) is 26.0. The Morgan fingerprint density at radius 3 is 2.26 bits per heavy atom. The summed E-state index contributed by atoms with van der Waals surface area (Å²) in [6.07, 6.45) is -3.02. The summed E-state index contributed by atoms with van der Waals surface area (Å²) in [5.41, 5.74) is -3.06. The fraction of sp³-hybridized carbons (Fsp3) is 0.926. The molecule has 35 heavy (non-hydrogen) atoms. The summed E-state index contributed by atoms with van der Waals surface area (Å²) in [5, 5.41) is 19.7. The number of aliphatic hydroxyl groups is 2. The Labute approximate surface area is 204 Å². The largest absolute Gasteiger partial charge is 0.426 e. The summed E-state index contributed by atoms with van der Waals surface area (Å²) in [5.74, 6) is 1.91. The molecule has 0 radical (unpaired) electrons. The van der Waals surface area contributed by atoms with Gasteiger partial charge in [0.05, 0.1) is 6.10 Å². The first-order chi connectivity index (χ1) is 16.0. The van der Waals surface area contributed by atoms with Crippen LogP contribution in [0.15, 0.2) is 11.6 Å². The highest BCUT2D eigenvalue weighted by molar-refractivity contribution is 5.25. The average molecular weight is 511 g/mol. The van der Waals surface area contributed by atoms with Crippen LogP contribution in [0.3, 0.4) is 0 Å². The van der Waals surface area contributed by atoms with Crippen LogP contribution >= 0.6 is 0 Å². The number of halogens is 6. The number of fused-ring (bicyclic) bond motifs is 5. The molecule has 0 aromatic rings. The van der Waals surface area contributed by atoms with Crippen LogP contribution in [0.5, 0.6) is 0 Å². The van der Waals surface area contributed by atoms with E-state index < -0.39 is 24.4 Å². The first-order valence-corrected chi connectivity index (χ1v) is 13.3. The van der Waals surface area contributed by atoms with Crippen LogP contribution in [0.1, 0.15) is 91.4 Å². The van der Waals surface area contributed by atoms with Crippen LogP contribution in [0.4, 0.5) is 26.3 Å². The number of alkyl halides is 6. The summed E-state index contributed by atoms with van der Waals surface area (Å²) >= 11 is 0. The molecule has 4 rings (SSSR count). The van der Waals surface area contributed by atoms with Gasteiger partial charge in [-0.25, -0.2) is 0 Å². The minimum absolute atomic E-state index is 0.00220. The van der Waals surface area contributed by atoms with E-state index in [0.717, 1.165) is 51.4 Å². The fourth-order valence-electron chi connectivity index (χ4n) is 8.94. The predicted octanol–water partition coefficient (Wildman–Crippen LogP) is 7.59. The number of hydrogen-bond acceptors (Lipinski definition) is 2. The highest BCUT2D eigenvalue weighted by Crippen LogP contribution is 2.67. The highest BCUT2D eigenvalue weighted by atomic mass is 19.4. The predicted molar refractivity (Wildman–Crippen MR) is 121 cm³/mol. The van der Waals surface area contributed by atoms with Crippen molar-refractivity contribution in [2.45, 2.75) is 115 Å². The minimum Gasteiger partial charge on any atom is -0.393 e. The van der Waals surface area contributed by atoms with E-state index in [4.69, 9.17) is 0 Å². The van der Waals surface area contributed by atoms with Crippen molar-refractivity contribution in [3.63, 3.8) is 0 Å². The van der Waals surface area contributed by atoms with E-state index in [-0.39, 0.29) is 41.6 Å². The summed E-state index contributed by atoms with van der Waals surface area (Å²) < 4.78 is 78.3. The maximum Gasteiger partial charge on any atom is 0.426 e. The molecule has 8 heteroatoms. The summed E-state index contributed by atoms with van der Waals surface area (Å²) in [4.78, 5) is 0. The van der Waals surface area contributed by atoms with Gasteiger partial charge in [-0.05, 0) is 105 Å². The second kappa shape index (κ2) is 8.92. The van der Waals surface area contributed by atoms with E-state index in [1.165, 1.54) is 5.57 Å². The van der Waals surface area contributed by atoms with E-state index in [9.17, 15) is 36.6 Å². The zero-order valence-electron chi connectivity index (χ0n) is 21.0. The third-order valence-electron chi connectivity index (χ3n) is 11.0. The second-order valence-electron chi connectivity index (χ2n) is 12.6. The van der Waals surface area contributed by atoms with Gasteiger partial charge in [0.15, 0.2) is 0 Å². The molecule has 4 aliphatic rings. The number of allylic oxidation sites excluding steroid dienone is 1. The molecule has 202 valence electrons. The topological polar surface area (TPSA) is 40.5 Å². The van der Waals surface area contributed by atoms with Crippen LogP contribution in [-0.2, 0) is 0 Å². The third kappa shape index (κ3) is 4.36. The lowest BCUT2D eigenvalue weighted by atomic mass is 9.47. The molecule has 3 saturated carbocycles. The van der Waals surface area contributed by atoms with Crippen molar-refractivity contribution in [3.05, 3.63) is 11.6 Å². The van der Waals surface area contributed by atoms with E-state index in [2.05, 4.69) is 19.9 Å². The molecule has 8 atom stereocenters. The van der Waals surface area contributed by atoms with Crippen LogP contribution in [0.2, 0.25) is 0 Å². The molecule has 0 spiro atoms. The first-order valence-electron chi connectivity index (χ1n) is 13.3. The van der Waals surface area contributed by atoms with Crippen LogP contribution in [0, 0.1) is 40.4 Å². The molecule has 0 heterocycles. The van der Waals surface area contributed by atoms with Gasteiger partial charge < -0.3 is 10.2 Å². The van der Waals surface area contributed by atoms with Gasteiger partial charge in [-0.15, -0.1) is 0 Å². The van der Waals surface area contributed by atoms with Gasteiger partial charge in [0, 0.05) is 0 Å². The normalized spacial score (nSPS) is 41.0. The lowest BCUT2D eigenvalue weighted by Crippen LogP contribution is -2.56. The maximum absolute atomic E-state index is 13.0. The van der Waals surface area contributed by atoms with Crippen molar-refractivity contribution in [2.24, 2.45) is 40.4 Å². The van der Waals surface area contributed by atoms with Crippen molar-refractivity contribution in [2.75, 3.05) is 0 Å². The van der Waals surface area contributed by atoms with Gasteiger partial charge in [-0.2, -0.15) is 26.3 Å². The molecule has 0 unspecified atom stereocenters. The number of aliphatic hydroxyl groups excluding tert-OH is 1. The minimum atomic E-state index is -5.74. The first kappa shape index (κ1) is 27.3. The molecule has 0 amide bonds. The molecule has 4 aliphatic carbocycles. The van der Waals surface area contributed by atoms with Crippen LogP contribution in [0.25, 0.3) is 0 Å². The molecule has 0 aromatic carbocycles. The van der Waals surface area contributed by atoms with Crippen LogP contribution in [-0.4, -0.2) is 34.3 Å². The van der Waals surface area contributed by atoms with Crippen molar-refractivity contribution in [3.8, 4) is 0 Å². The quantitative estimate of drug-likeness (QED) is 0.296. The molecule has 2 nitrogen and oxygen atoms in total. The fourth-order valence-corrected chi connectivity index (χ4v) is 8.94. The molecule has 0 aliphatic heterocycles. The van der Waals surface area contributed by atoms with E-state index >= 15 is 0 Å². The van der Waals surface area contributed by atoms with Gasteiger partial charge in [0.25, 0.3) is 5.60 Å². The Morgan fingerprint density at radius 1 is 0.971 bits per heavy atom. The molecule has 0 bridgehead atoms. The molecular formula is C27H40F6O2. The van der Waals surface area contributed by atoms with Crippen LogP contribution < -0.4 is 0 Å². The average Bonchev–Trinajstić information content (AvgIpc) is 3.09. The summed E-state index contributed by atoms with van der Waals surface area (Å²) in [6, 6.07) is 0. The molecule has 2 N–H and O–H groups in total. The lowest BCUT2D eigenvalue weighted by molar-refractivity contribution is -0.370. The van der Waals surface area contributed by atoms with Gasteiger partial charge in [0.1, 0.15) is 0 Å². The van der Waals surface area contributed by atoms with Gasteiger partial charge in [-0.3, -0.25) is 0 Å². The smallest absolute Gasteiger partial charge is 0.393 e. The summed E-state index contributed by atoms with van der Waals surface area (Å²) in [7, 11) is 0. The van der Waals surface area contributed by atoms with Crippen molar-refractivity contribution in [1.82, 2.24) is 0 Å². The van der Waals surface area contributed by atoms with E-state index in [1.807, 2.05) is 6.92 Å². The zero-order valence-corrected chi connectivity index (χ0v) is 21.0. The Kier molecular flexibility index (Phi) is 6.95. The standard InChI is InChI=1S/C27H40F6O2/c1-16(5-4-12-25(35,26(28,29)30)27(31,32)33)20-8-9-21-19-7-6-17-15-18(34)10-13-23(17,2)22(19)11-14-24(20,21)3/h6,16,18-22,34-35H,4-5,7-15H2,1-3H3/t16-,18+,19+,20-,21+,22+,23+,24-/m1/s1. The molecule has 0 saturated heterocycles. The van der Waals surface area contributed by atoms with Crippen molar-refractivity contribution < 1.29 is 36.6 Å². The van der Waals surface area contributed by atoms with E-state index in [1.54, 1.807) is 0 Å². The Hall–Kier alpha value is -0.760. The summed E-state index contributed by atoms with van der Waals surface area (Å²) in [6.45, 7) is 6.63. The highest BCUT2D eigenvalue weighted by Gasteiger charge is 2.69. The van der Waals surface area contributed by atoms with Crippen molar-refractivity contribution in [1.29, 1.82) is 0 Å². The Bertz CT molecular complexity index is 805. The SMILES string of the molecule is C[C@H](CCCC(O)(C(F)(F)F)C(F)(F)F)[C@H]1CC[C@H]2[C@@H]3CC=C4C[C@@H](O)CC[C@]4(C)[C@H]3CC[C@]12C. The number of hydrogen-bond donors (Lipinski definition) is 2. The third-order valence-corrected chi connectivity index (χ3v) is 11.0. The van der Waals surface area contributed by atoms with Gasteiger partial charge in [-0.1, -0.05) is 38.8 Å².